The van der Waals surface area contributed by atoms with E-state index >= 15 is 0 Å². The average molecular weight is 333 g/mol. The first-order valence-electron chi connectivity index (χ1n) is 7.86. The summed E-state index contributed by atoms with van der Waals surface area (Å²) in [5, 5.41) is 2.01. The van der Waals surface area contributed by atoms with Gasteiger partial charge in [0.2, 0.25) is 0 Å². The third kappa shape index (κ3) is 4.21. The molecule has 3 aromatic rings. The van der Waals surface area contributed by atoms with Crippen molar-refractivity contribution in [1.82, 2.24) is 0 Å². The van der Waals surface area contributed by atoms with Crippen LogP contribution in [-0.4, -0.2) is 5.91 Å². The number of rotatable bonds is 5. The standard InChI is InChI=1S/C21H19NOS/c1-17-9-11-19(12-10-17)22(16-18-6-3-2-4-7-18)21(23)14-13-20-8-5-15-24-20/h2-15H,16H2,1H3/b14-13+. The van der Waals surface area contributed by atoms with Crippen LogP contribution >= 0.6 is 11.3 Å². The summed E-state index contributed by atoms with van der Waals surface area (Å²) >= 11 is 1.62. The zero-order chi connectivity index (χ0) is 16.8. The molecule has 0 spiro atoms. The van der Waals surface area contributed by atoms with Gasteiger partial charge in [0, 0.05) is 16.6 Å². The van der Waals surface area contributed by atoms with Gasteiger partial charge in [0.05, 0.1) is 6.54 Å². The van der Waals surface area contributed by atoms with Gasteiger partial charge in [0.1, 0.15) is 0 Å². The second-order valence-electron chi connectivity index (χ2n) is 5.59. The van der Waals surface area contributed by atoms with E-state index in [1.54, 1.807) is 22.3 Å². The van der Waals surface area contributed by atoms with E-state index in [1.165, 1.54) is 5.56 Å². The second-order valence-corrected chi connectivity index (χ2v) is 6.57. The maximum Gasteiger partial charge on any atom is 0.251 e. The van der Waals surface area contributed by atoms with Crippen molar-refractivity contribution in [1.29, 1.82) is 0 Å². The van der Waals surface area contributed by atoms with E-state index in [1.807, 2.05) is 85.1 Å². The molecule has 0 aliphatic carbocycles. The maximum absolute atomic E-state index is 12.8. The predicted octanol–water partition coefficient (Wildman–Crippen LogP) is 5.30. The van der Waals surface area contributed by atoms with Gasteiger partial charge in [-0.3, -0.25) is 4.79 Å². The molecule has 1 aromatic heterocycles. The molecular formula is C21H19NOS. The monoisotopic (exact) mass is 333 g/mol. The molecule has 0 N–H and O–H groups in total. The van der Waals surface area contributed by atoms with Gasteiger partial charge in [0.15, 0.2) is 0 Å². The molecule has 2 aromatic carbocycles. The average Bonchev–Trinajstić information content (AvgIpc) is 3.13. The van der Waals surface area contributed by atoms with E-state index in [0.717, 1.165) is 16.1 Å². The van der Waals surface area contributed by atoms with Crippen LogP contribution in [0, 0.1) is 6.92 Å². The van der Waals surface area contributed by atoms with Gasteiger partial charge in [-0.1, -0.05) is 54.1 Å². The Labute approximate surface area is 146 Å². The van der Waals surface area contributed by atoms with Crippen LogP contribution in [0.4, 0.5) is 5.69 Å². The lowest BCUT2D eigenvalue weighted by Crippen LogP contribution is -2.28. The number of aryl methyl sites for hydroxylation is 1. The van der Waals surface area contributed by atoms with Crippen LogP contribution in [0.5, 0.6) is 0 Å². The van der Waals surface area contributed by atoms with Crippen molar-refractivity contribution in [2.24, 2.45) is 0 Å². The molecule has 1 heterocycles. The van der Waals surface area contributed by atoms with E-state index in [4.69, 9.17) is 0 Å². The lowest BCUT2D eigenvalue weighted by atomic mass is 10.1. The fourth-order valence-electron chi connectivity index (χ4n) is 2.42. The highest BCUT2D eigenvalue weighted by atomic mass is 32.1. The van der Waals surface area contributed by atoms with Crippen molar-refractivity contribution in [3.05, 3.63) is 94.2 Å². The molecule has 1 amide bonds. The van der Waals surface area contributed by atoms with E-state index in [9.17, 15) is 4.79 Å². The second kappa shape index (κ2) is 7.75. The van der Waals surface area contributed by atoms with E-state index < -0.39 is 0 Å². The number of nitrogens with zero attached hydrogens (tertiary/aromatic N) is 1. The number of thiophene rings is 1. The Morgan fingerprint density at radius 3 is 2.42 bits per heavy atom. The first kappa shape index (κ1) is 16.2. The number of hydrogen-bond donors (Lipinski definition) is 0. The summed E-state index contributed by atoms with van der Waals surface area (Å²) in [6, 6.07) is 22.1. The maximum atomic E-state index is 12.8. The lowest BCUT2D eigenvalue weighted by Gasteiger charge is -2.22. The third-order valence-corrected chi connectivity index (χ3v) is 4.57. The molecule has 24 heavy (non-hydrogen) atoms. The van der Waals surface area contributed by atoms with Crippen molar-refractivity contribution in [2.75, 3.05) is 4.90 Å². The van der Waals surface area contributed by atoms with Crippen LogP contribution in [-0.2, 0) is 11.3 Å². The molecule has 0 fully saturated rings. The highest BCUT2D eigenvalue weighted by molar-refractivity contribution is 7.10. The van der Waals surface area contributed by atoms with Gasteiger partial charge >= 0.3 is 0 Å². The molecule has 0 radical (unpaired) electrons. The normalized spacial score (nSPS) is 10.9. The molecule has 0 bridgehead atoms. The van der Waals surface area contributed by atoms with Crippen LogP contribution in [0.25, 0.3) is 6.08 Å². The largest absolute Gasteiger partial charge is 0.304 e. The van der Waals surface area contributed by atoms with Crippen molar-refractivity contribution in [3.8, 4) is 0 Å². The number of carbonyl (C=O) groups excluding carboxylic acids is 1. The van der Waals surface area contributed by atoms with Gasteiger partial charge in [-0.25, -0.2) is 0 Å². The molecule has 0 aliphatic rings. The van der Waals surface area contributed by atoms with E-state index in [2.05, 4.69) is 0 Å². The minimum Gasteiger partial charge on any atom is -0.304 e. The molecular weight excluding hydrogens is 314 g/mol. The summed E-state index contributed by atoms with van der Waals surface area (Å²) in [5.74, 6) is -0.0175. The molecule has 2 nitrogen and oxygen atoms in total. The van der Waals surface area contributed by atoms with Crippen molar-refractivity contribution >= 4 is 29.0 Å². The molecule has 0 aliphatic heterocycles. The number of benzene rings is 2. The fourth-order valence-corrected chi connectivity index (χ4v) is 3.03. The minimum atomic E-state index is -0.0175. The minimum absolute atomic E-state index is 0.0175. The Balaban J connectivity index is 1.86. The third-order valence-electron chi connectivity index (χ3n) is 3.73. The summed E-state index contributed by atoms with van der Waals surface area (Å²) in [4.78, 5) is 15.7. The van der Waals surface area contributed by atoms with Gasteiger partial charge in [-0.05, 0) is 42.1 Å². The summed E-state index contributed by atoms with van der Waals surface area (Å²) in [5.41, 5.74) is 3.20. The van der Waals surface area contributed by atoms with E-state index in [0.29, 0.717) is 6.54 Å². The number of anilines is 1. The summed E-state index contributed by atoms with van der Waals surface area (Å²) in [6.07, 6.45) is 3.52. The number of carbonyl (C=O) groups is 1. The molecule has 0 atom stereocenters. The number of hydrogen-bond acceptors (Lipinski definition) is 2. The smallest absolute Gasteiger partial charge is 0.251 e. The Hall–Kier alpha value is -2.65. The zero-order valence-electron chi connectivity index (χ0n) is 13.6. The van der Waals surface area contributed by atoms with Crippen LogP contribution in [0.3, 0.4) is 0 Å². The Kier molecular flexibility index (Phi) is 5.24. The van der Waals surface area contributed by atoms with Crippen LogP contribution in [0.2, 0.25) is 0 Å². The van der Waals surface area contributed by atoms with Gasteiger partial charge < -0.3 is 4.90 Å². The SMILES string of the molecule is Cc1ccc(N(Cc2ccccc2)C(=O)/C=C/c2cccs2)cc1. The molecule has 3 heteroatoms. The van der Waals surface area contributed by atoms with Crippen LogP contribution < -0.4 is 4.90 Å². The van der Waals surface area contributed by atoms with Crippen molar-refractivity contribution in [3.63, 3.8) is 0 Å². The molecule has 0 saturated carbocycles. The predicted molar refractivity (Wildman–Crippen MR) is 102 cm³/mol. The topological polar surface area (TPSA) is 20.3 Å². The lowest BCUT2D eigenvalue weighted by molar-refractivity contribution is -0.114. The Morgan fingerprint density at radius 2 is 1.75 bits per heavy atom. The number of amides is 1. The molecule has 120 valence electrons. The molecule has 3 rings (SSSR count). The Bertz CT molecular complexity index is 805. The van der Waals surface area contributed by atoms with E-state index in [-0.39, 0.29) is 5.91 Å². The molecule has 0 saturated heterocycles. The zero-order valence-corrected chi connectivity index (χ0v) is 14.4. The summed E-state index contributed by atoms with van der Waals surface area (Å²) in [7, 11) is 0. The Morgan fingerprint density at radius 1 is 1.00 bits per heavy atom. The molecule has 0 unspecified atom stereocenters. The summed E-state index contributed by atoms with van der Waals surface area (Å²) in [6.45, 7) is 2.60. The summed E-state index contributed by atoms with van der Waals surface area (Å²) < 4.78 is 0. The van der Waals surface area contributed by atoms with Crippen LogP contribution in [0.15, 0.2) is 78.2 Å². The van der Waals surface area contributed by atoms with Gasteiger partial charge in [0.25, 0.3) is 5.91 Å². The highest BCUT2D eigenvalue weighted by Gasteiger charge is 2.13. The first-order valence-corrected chi connectivity index (χ1v) is 8.74. The van der Waals surface area contributed by atoms with Crippen molar-refractivity contribution < 1.29 is 4.79 Å². The highest BCUT2D eigenvalue weighted by Crippen LogP contribution is 2.19. The van der Waals surface area contributed by atoms with Crippen LogP contribution in [0.1, 0.15) is 16.0 Å². The van der Waals surface area contributed by atoms with Gasteiger partial charge in [-0.2, -0.15) is 0 Å². The van der Waals surface area contributed by atoms with Gasteiger partial charge in [-0.15, -0.1) is 11.3 Å². The first-order chi connectivity index (χ1) is 11.7. The quantitative estimate of drug-likeness (QED) is 0.580. The fraction of sp³-hybridized carbons (Fsp3) is 0.0952. The van der Waals surface area contributed by atoms with Crippen molar-refractivity contribution in [2.45, 2.75) is 13.5 Å².